The van der Waals surface area contributed by atoms with Crippen LogP contribution in [0.1, 0.15) is 24.2 Å². The van der Waals surface area contributed by atoms with Gasteiger partial charge in [0.25, 0.3) is 11.6 Å². The van der Waals surface area contributed by atoms with E-state index >= 15 is 0 Å². The predicted molar refractivity (Wildman–Crippen MR) is 88.9 cm³/mol. The van der Waals surface area contributed by atoms with Crippen LogP contribution < -0.4 is 20.1 Å². The maximum absolute atomic E-state index is 12.2. The maximum atomic E-state index is 12.2. The van der Waals surface area contributed by atoms with Crippen molar-refractivity contribution in [2.45, 2.75) is 19.9 Å². The van der Waals surface area contributed by atoms with Crippen LogP contribution in [0.25, 0.3) is 0 Å². The van der Waals surface area contributed by atoms with Gasteiger partial charge in [0.1, 0.15) is 5.56 Å². The molecule has 0 aromatic heterocycles. The first-order valence-corrected chi connectivity index (χ1v) is 6.86. The Morgan fingerprint density at radius 3 is 2.35 bits per heavy atom. The Balaban J connectivity index is 0.00000484. The molecule has 0 unspecified atom stereocenters. The summed E-state index contributed by atoms with van der Waals surface area (Å²) in [5.41, 5.74) is -0.391. The van der Waals surface area contributed by atoms with Gasteiger partial charge in [-0.2, -0.15) is 0 Å². The van der Waals surface area contributed by atoms with Crippen LogP contribution in [0.2, 0.25) is 0 Å². The molecule has 2 N–H and O–H groups in total. The number of nitrogens with zero attached hydrogens (tertiary/aromatic N) is 1. The number of rotatable bonds is 8. The molecule has 0 fully saturated rings. The van der Waals surface area contributed by atoms with Gasteiger partial charge < -0.3 is 20.1 Å². The molecule has 1 aromatic carbocycles. The van der Waals surface area contributed by atoms with Crippen LogP contribution in [0.3, 0.4) is 0 Å². The highest BCUT2D eigenvalue weighted by Gasteiger charge is 2.24. The first kappa shape index (κ1) is 20.9. The number of halogens is 1. The average molecular weight is 348 g/mol. The third-order valence-corrected chi connectivity index (χ3v) is 3.06. The molecular weight excluding hydrogens is 326 g/mol. The van der Waals surface area contributed by atoms with Gasteiger partial charge in [-0.1, -0.05) is 6.92 Å². The number of carbonyl (C=O) groups is 1. The fourth-order valence-corrected chi connectivity index (χ4v) is 1.96. The lowest BCUT2D eigenvalue weighted by molar-refractivity contribution is -0.385. The summed E-state index contributed by atoms with van der Waals surface area (Å²) in [7, 11) is 2.78. The summed E-state index contributed by atoms with van der Waals surface area (Å²) in [5.74, 6) is -0.0674. The molecule has 0 aliphatic rings. The van der Waals surface area contributed by atoms with E-state index in [1.807, 2.05) is 13.8 Å². The average Bonchev–Trinajstić information content (AvgIpc) is 2.51. The van der Waals surface area contributed by atoms with Crippen LogP contribution in [-0.4, -0.2) is 44.2 Å². The Morgan fingerprint density at radius 1 is 1.30 bits per heavy atom. The van der Waals surface area contributed by atoms with E-state index < -0.39 is 10.8 Å². The van der Waals surface area contributed by atoms with Gasteiger partial charge in [0.2, 0.25) is 0 Å². The molecule has 8 nitrogen and oxygen atoms in total. The standard InChI is InChI=1S/C14H21N3O5.ClH/c1-5-15-9(2)8-16-14(18)10-6-12(21-3)13(22-4)7-11(10)17(19)20;/h6-7,9,15H,5,8H2,1-4H3,(H,16,18);1H/t9-;/m1./s1. The second-order valence-electron chi connectivity index (χ2n) is 4.65. The predicted octanol–water partition coefficient (Wildman–Crippen LogP) is 1.76. The van der Waals surface area contributed by atoms with Gasteiger partial charge in [0.05, 0.1) is 25.2 Å². The van der Waals surface area contributed by atoms with Crippen LogP contribution in [0.5, 0.6) is 11.5 Å². The summed E-state index contributed by atoms with van der Waals surface area (Å²) in [5, 5.41) is 17.0. The summed E-state index contributed by atoms with van der Waals surface area (Å²) in [6.07, 6.45) is 0. The summed E-state index contributed by atoms with van der Waals surface area (Å²) in [6.45, 7) is 5.00. The number of methoxy groups -OCH3 is 2. The van der Waals surface area contributed by atoms with Gasteiger partial charge in [-0.25, -0.2) is 0 Å². The molecule has 0 aliphatic heterocycles. The van der Waals surface area contributed by atoms with Crippen molar-refractivity contribution in [1.29, 1.82) is 0 Å². The van der Waals surface area contributed by atoms with Crippen molar-refractivity contribution in [2.24, 2.45) is 0 Å². The first-order chi connectivity index (χ1) is 10.4. The topological polar surface area (TPSA) is 103 Å². The van der Waals surface area contributed by atoms with Gasteiger partial charge in [-0.05, 0) is 13.5 Å². The van der Waals surface area contributed by atoms with E-state index in [0.717, 1.165) is 6.54 Å². The molecular formula is C14H22ClN3O5. The van der Waals surface area contributed by atoms with Crippen molar-refractivity contribution in [3.05, 3.63) is 27.8 Å². The number of nitrogens with one attached hydrogen (secondary N) is 2. The molecule has 0 bridgehead atoms. The molecule has 0 heterocycles. The number of nitro benzene ring substituents is 1. The molecule has 0 radical (unpaired) electrons. The van der Waals surface area contributed by atoms with E-state index in [1.54, 1.807) is 0 Å². The normalized spacial score (nSPS) is 11.1. The van der Waals surface area contributed by atoms with Crippen molar-refractivity contribution in [1.82, 2.24) is 10.6 Å². The fraction of sp³-hybridized carbons (Fsp3) is 0.500. The molecule has 23 heavy (non-hydrogen) atoms. The largest absolute Gasteiger partial charge is 0.493 e. The highest BCUT2D eigenvalue weighted by Crippen LogP contribution is 2.34. The second kappa shape index (κ2) is 9.86. The third kappa shape index (κ3) is 5.57. The number of hydrogen-bond donors (Lipinski definition) is 2. The number of ether oxygens (including phenoxy) is 2. The third-order valence-electron chi connectivity index (χ3n) is 3.06. The summed E-state index contributed by atoms with van der Waals surface area (Å²) in [4.78, 5) is 22.7. The zero-order valence-electron chi connectivity index (χ0n) is 13.5. The summed E-state index contributed by atoms with van der Waals surface area (Å²) in [6, 6.07) is 2.55. The van der Waals surface area contributed by atoms with Crippen LogP contribution >= 0.6 is 12.4 Å². The molecule has 130 valence electrons. The van der Waals surface area contributed by atoms with Crippen molar-refractivity contribution in [3.8, 4) is 11.5 Å². The number of amides is 1. The molecule has 0 saturated heterocycles. The molecule has 1 aromatic rings. The van der Waals surface area contributed by atoms with E-state index in [-0.39, 0.29) is 41.2 Å². The van der Waals surface area contributed by atoms with Crippen LogP contribution in [0, 0.1) is 10.1 Å². The molecule has 0 aliphatic carbocycles. The van der Waals surface area contributed by atoms with E-state index in [2.05, 4.69) is 10.6 Å². The lowest BCUT2D eigenvalue weighted by Crippen LogP contribution is -2.38. The molecule has 9 heteroatoms. The SMILES string of the molecule is CCN[C@H](C)CNC(=O)c1cc(OC)c(OC)cc1[N+](=O)[O-].Cl. The van der Waals surface area contributed by atoms with Crippen LogP contribution in [-0.2, 0) is 0 Å². The lowest BCUT2D eigenvalue weighted by atomic mass is 10.1. The quantitative estimate of drug-likeness (QED) is 0.548. The fourth-order valence-electron chi connectivity index (χ4n) is 1.96. The van der Waals surface area contributed by atoms with E-state index in [4.69, 9.17) is 9.47 Å². The van der Waals surface area contributed by atoms with Crippen molar-refractivity contribution < 1.29 is 19.2 Å². The zero-order chi connectivity index (χ0) is 16.7. The Bertz CT molecular complexity index is 553. The molecule has 1 rings (SSSR count). The number of nitro groups is 1. The number of hydrogen-bond acceptors (Lipinski definition) is 6. The van der Waals surface area contributed by atoms with Gasteiger partial charge in [0.15, 0.2) is 11.5 Å². The monoisotopic (exact) mass is 347 g/mol. The summed E-state index contributed by atoms with van der Waals surface area (Å²) >= 11 is 0. The zero-order valence-corrected chi connectivity index (χ0v) is 14.4. The Hall–Kier alpha value is -2.06. The van der Waals surface area contributed by atoms with Crippen LogP contribution in [0.4, 0.5) is 5.69 Å². The number of benzene rings is 1. The lowest BCUT2D eigenvalue weighted by Gasteiger charge is -2.14. The smallest absolute Gasteiger partial charge is 0.286 e. The summed E-state index contributed by atoms with van der Waals surface area (Å²) < 4.78 is 10.1. The van der Waals surface area contributed by atoms with Crippen LogP contribution in [0.15, 0.2) is 12.1 Å². The van der Waals surface area contributed by atoms with Gasteiger partial charge in [-0.15, -0.1) is 12.4 Å². The Labute approximate surface area is 141 Å². The van der Waals surface area contributed by atoms with E-state index in [1.165, 1.54) is 26.4 Å². The molecule has 1 atom stereocenters. The maximum Gasteiger partial charge on any atom is 0.286 e. The van der Waals surface area contributed by atoms with Gasteiger partial charge in [0, 0.05) is 18.7 Å². The number of carbonyl (C=O) groups excluding carboxylic acids is 1. The molecule has 1 amide bonds. The van der Waals surface area contributed by atoms with Gasteiger partial charge in [-0.3, -0.25) is 14.9 Å². The van der Waals surface area contributed by atoms with Gasteiger partial charge >= 0.3 is 0 Å². The van der Waals surface area contributed by atoms with Crippen molar-refractivity contribution >= 4 is 24.0 Å². The highest BCUT2D eigenvalue weighted by atomic mass is 35.5. The minimum atomic E-state index is -0.620. The van der Waals surface area contributed by atoms with Crippen molar-refractivity contribution in [2.75, 3.05) is 27.3 Å². The van der Waals surface area contributed by atoms with E-state index in [9.17, 15) is 14.9 Å². The molecule has 0 spiro atoms. The molecule has 0 saturated carbocycles. The minimum Gasteiger partial charge on any atom is -0.493 e. The Morgan fingerprint density at radius 2 is 1.87 bits per heavy atom. The van der Waals surface area contributed by atoms with E-state index in [0.29, 0.717) is 6.54 Å². The van der Waals surface area contributed by atoms with Crippen molar-refractivity contribution in [3.63, 3.8) is 0 Å². The first-order valence-electron chi connectivity index (χ1n) is 6.86. The number of likely N-dealkylation sites (N-methyl/N-ethyl adjacent to an activating group) is 1. The Kier molecular flexibility index (Phi) is 8.97. The minimum absolute atomic E-state index is 0. The highest BCUT2D eigenvalue weighted by molar-refractivity contribution is 5.99. The second-order valence-corrected chi connectivity index (χ2v) is 4.65.